The molecule has 0 saturated heterocycles. The Labute approximate surface area is 101 Å². The molecule has 0 radical (unpaired) electrons. The Morgan fingerprint density at radius 1 is 1.65 bits per heavy atom. The van der Waals surface area contributed by atoms with Crippen LogP contribution < -0.4 is 11.1 Å². The lowest BCUT2D eigenvalue weighted by molar-refractivity contribution is -0.384. The first-order chi connectivity index (χ1) is 7.90. The molecule has 0 aliphatic carbocycles. The van der Waals surface area contributed by atoms with Gasteiger partial charge in [0, 0.05) is 34.9 Å². The first-order valence-corrected chi connectivity index (χ1v) is 6.60. The molecule has 7 nitrogen and oxygen atoms in total. The number of hydrogen-bond donors (Lipinski definition) is 2. The van der Waals surface area contributed by atoms with Gasteiger partial charge in [-0.3, -0.25) is 14.3 Å². The molecule has 1 aromatic rings. The van der Waals surface area contributed by atoms with Gasteiger partial charge in [-0.25, -0.2) is 4.98 Å². The van der Waals surface area contributed by atoms with Crippen LogP contribution in [-0.4, -0.2) is 32.2 Å². The minimum Gasteiger partial charge on any atom is -0.384 e. The number of nitrogen functional groups attached to an aromatic ring is 1. The standard InChI is InChI=1S/C9H14N4O3S/c1-6(5-17(2)16)11-9-7(13(14)15)3-4-8(10)12-9/h3-4,6H,5H2,1-2H3,(H3,10,11,12). The summed E-state index contributed by atoms with van der Waals surface area (Å²) in [6.45, 7) is 1.77. The second-order valence-electron chi connectivity index (χ2n) is 3.65. The summed E-state index contributed by atoms with van der Waals surface area (Å²) in [6.07, 6.45) is 1.57. The highest BCUT2D eigenvalue weighted by Gasteiger charge is 2.17. The van der Waals surface area contributed by atoms with Gasteiger partial charge in [0.2, 0.25) is 5.82 Å². The van der Waals surface area contributed by atoms with E-state index in [2.05, 4.69) is 10.3 Å². The van der Waals surface area contributed by atoms with Crippen molar-refractivity contribution in [2.75, 3.05) is 23.1 Å². The highest BCUT2D eigenvalue weighted by Crippen LogP contribution is 2.23. The number of hydrogen-bond acceptors (Lipinski definition) is 6. The van der Waals surface area contributed by atoms with Crippen LogP contribution in [0.4, 0.5) is 17.3 Å². The van der Waals surface area contributed by atoms with Crippen LogP contribution in [0.25, 0.3) is 0 Å². The van der Waals surface area contributed by atoms with Crippen LogP contribution in [-0.2, 0) is 10.8 Å². The van der Waals surface area contributed by atoms with E-state index in [0.29, 0.717) is 5.75 Å². The number of nitro groups is 1. The molecule has 0 aliphatic rings. The van der Waals surface area contributed by atoms with Crippen molar-refractivity contribution in [1.29, 1.82) is 0 Å². The Balaban J connectivity index is 2.92. The van der Waals surface area contributed by atoms with Crippen LogP contribution >= 0.6 is 0 Å². The zero-order valence-electron chi connectivity index (χ0n) is 9.54. The molecular weight excluding hydrogens is 244 g/mol. The fraction of sp³-hybridized carbons (Fsp3) is 0.444. The lowest BCUT2D eigenvalue weighted by Gasteiger charge is -2.13. The number of pyridine rings is 1. The monoisotopic (exact) mass is 258 g/mol. The van der Waals surface area contributed by atoms with Gasteiger partial charge in [-0.05, 0) is 13.0 Å². The van der Waals surface area contributed by atoms with Gasteiger partial charge in [0.15, 0.2) is 0 Å². The smallest absolute Gasteiger partial charge is 0.311 e. The molecule has 2 atom stereocenters. The summed E-state index contributed by atoms with van der Waals surface area (Å²) in [5, 5.41) is 13.6. The van der Waals surface area contributed by atoms with Crippen LogP contribution in [0.3, 0.4) is 0 Å². The maximum atomic E-state index is 11.0. The fourth-order valence-corrected chi connectivity index (χ4v) is 2.14. The SMILES string of the molecule is CC(CS(C)=O)Nc1nc(N)ccc1[N+](=O)[O-]. The van der Waals surface area contributed by atoms with Crippen LogP contribution in [0.1, 0.15) is 6.92 Å². The molecule has 17 heavy (non-hydrogen) atoms. The van der Waals surface area contributed by atoms with E-state index >= 15 is 0 Å². The first-order valence-electron chi connectivity index (χ1n) is 4.87. The number of anilines is 2. The van der Waals surface area contributed by atoms with Crippen molar-refractivity contribution in [3.63, 3.8) is 0 Å². The van der Waals surface area contributed by atoms with Gasteiger partial charge < -0.3 is 11.1 Å². The third-order valence-corrected chi connectivity index (χ3v) is 2.93. The van der Waals surface area contributed by atoms with Crippen molar-refractivity contribution in [3.05, 3.63) is 22.2 Å². The van der Waals surface area contributed by atoms with E-state index in [0.717, 1.165) is 0 Å². The molecule has 0 bridgehead atoms. The van der Waals surface area contributed by atoms with Gasteiger partial charge in [-0.1, -0.05) is 0 Å². The maximum Gasteiger partial charge on any atom is 0.311 e. The molecule has 1 rings (SSSR count). The van der Waals surface area contributed by atoms with E-state index < -0.39 is 15.7 Å². The minimum atomic E-state index is -0.983. The first kappa shape index (κ1) is 13.4. The largest absolute Gasteiger partial charge is 0.384 e. The van der Waals surface area contributed by atoms with E-state index in [-0.39, 0.29) is 23.4 Å². The second kappa shape index (κ2) is 5.58. The van der Waals surface area contributed by atoms with Crippen molar-refractivity contribution >= 4 is 28.1 Å². The quantitative estimate of drug-likeness (QED) is 0.595. The van der Waals surface area contributed by atoms with Gasteiger partial charge in [0.25, 0.3) is 0 Å². The lowest BCUT2D eigenvalue weighted by Crippen LogP contribution is -2.23. The molecule has 8 heteroatoms. The van der Waals surface area contributed by atoms with Crippen LogP contribution in [0.15, 0.2) is 12.1 Å². The summed E-state index contributed by atoms with van der Waals surface area (Å²) in [7, 11) is -0.983. The molecule has 3 N–H and O–H groups in total. The van der Waals surface area contributed by atoms with Crippen molar-refractivity contribution in [1.82, 2.24) is 4.98 Å². The minimum absolute atomic E-state index is 0.105. The van der Waals surface area contributed by atoms with Crippen LogP contribution in [0.2, 0.25) is 0 Å². The van der Waals surface area contributed by atoms with Gasteiger partial charge in [-0.15, -0.1) is 0 Å². The van der Waals surface area contributed by atoms with Gasteiger partial charge in [0.05, 0.1) is 4.92 Å². The molecule has 0 amide bonds. The molecule has 0 spiro atoms. The summed E-state index contributed by atoms with van der Waals surface area (Å²) in [4.78, 5) is 14.1. The lowest BCUT2D eigenvalue weighted by atomic mass is 10.3. The maximum absolute atomic E-state index is 11.0. The van der Waals surface area contributed by atoms with Crippen molar-refractivity contribution < 1.29 is 9.13 Å². The Hall–Kier alpha value is -1.70. The highest BCUT2D eigenvalue weighted by atomic mass is 32.2. The molecule has 2 unspecified atom stereocenters. The van der Waals surface area contributed by atoms with Crippen LogP contribution in [0, 0.1) is 10.1 Å². The summed E-state index contributed by atoms with van der Waals surface area (Å²) < 4.78 is 11.0. The zero-order valence-corrected chi connectivity index (χ0v) is 10.4. The fourth-order valence-electron chi connectivity index (χ4n) is 1.35. The normalized spacial score (nSPS) is 14.0. The molecule has 0 saturated carbocycles. The Morgan fingerprint density at radius 3 is 2.82 bits per heavy atom. The van der Waals surface area contributed by atoms with Crippen LogP contribution in [0.5, 0.6) is 0 Å². The predicted molar refractivity (Wildman–Crippen MR) is 67.3 cm³/mol. The summed E-state index contributed by atoms with van der Waals surface area (Å²) in [5.41, 5.74) is 5.33. The molecule has 1 aromatic heterocycles. The molecular formula is C9H14N4O3S. The molecule has 0 fully saturated rings. The third kappa shape index (κ3) is 3.99. The van der Waals surface area contributed by atoms with E-state index in [9.17, 15) is 14.3 Å². The Morgan fingerprint density at radius 2 is 2.29 bits per heavy atom. The highest BCUT2D eigenvalue weighted by molar-refractivity contribution is 7.84. The number of nitrogens with two attached hydrogens (primary N) is 1. The molecule has 0 aromatic carbocycles. The molecule has 94 valence electrons. The number of nitrogens with one attached hydrogen (secondary N) is 1. The number of nitrogens with zero attached hydrogens (tertiary/aromatic N) is 2. The van der Waals surface area contributed by atoms with E-state index in [1.807, 2.05) is 0 Å². The molecule has 1 heterocycles. The Kier molecular flexibility index (Phi) is 4.38. The summed E-state index contributed by atoms with van der Waals surface area (Å²) in [5.74, 6) is 0.684. The Bertz CT molecular complexity index is 452. The van der Waals surface area contributed by atoms with E-state index in [1.165, 1.54) is 12.1 Å². The topological polar surface area (TPSA) is 111 Å². The number of aromatic nitrogens is 1. The summed E-state index contributed by atoms with van der Waals surface area (Å²) in [6, 6.07) is 2.47. The number of rotatable bonds is 5. The zero-order chi connectivity index (χ0) is 13.0. The van der Waals surface area contributed by atoms with E-state index in [4.69, 9.17) is 5.73 Å². The van der Waals surface area contributed by atoms with E-state index in [1.54, 1.807) is 13.2 Å². The summed E-state index contributed by atoms with van der Waals surface area (Å²) >= 11 is 0. The predicted octanol–water partition coefficient (Wildman–Crippen LogP) is 0.751. The second-order valence-corrected chi connectivity index (χ2v) is 5.13. The third-order valence-electron chi connectivity index (χ3n) is 1.96. The van der Waals surface area contributed by atoms with Crippen molar-refractivity contribution in [2.45, 2.75) is 13.0 Å². The van der Waals surface area contributed by atoms with Gasteiger partial charge >= 0.3 is 5.69 Å². The average molecular weight is 258 g/mol. The molecule has 0 aliphatic heterocycles. The van der Waals surface area contributed by atoms with Gasteiger partial charge in [-0.2, -0.15) is 0 Å². The van der Waals surface area contributed by atoms with Crippen molar-refractivity contribution in [2.24, 2.45) is 0 Å². The average Bonchev–Trinajstić information content (AvgIpc) is 2.15. The van der Waals surface area contributed by atoms with Gasteiger partial charge in [0.1, 0.15) is 5.82 Å². The van der Waals surface area contributed by atoms with Crippen molar-refractivity contribution in [3.8, 4) is 0 Å².